The summed E-state index contributed by atoms with van der Waals surface area (Å²) in [5, 5.41) is 1.80. The molecule has 0 spiro atoms. The Hall–Kier alpha value is -1.47. The molecule has 3 rings (SSSR count). The zero-order chi connectivity index (χ0) is 14.8. The molecule has 21 heavy (non-hydrogen) atoms. The monoisotopic (exact) mass is 312 g/mol. The lowest BCUT2D eigenvalue weighted by atomic mass is 10.1. The van der Waals surface area contributed by atoms with Gasteiger partial charge in [-0.05, 0) is 11.4 Å². The molecular weight excluding hydrogens is 295 g/mol. The minimum Gasteiger partial charge on any atom is -0.378 e. The van der Waals surface area contributed by atoms with Crippen LogP contribution in [0.15, 0.2) is 17.5 Å². The van der Waals surface area contributed by atoms with Crippen molar-refractivity contribution in [3.63, 3.8) is 0 Å². The van der Waals surface area contributed by atoms with E-state index >= 15 is 0 Å². The Bertz CT molecular complexity index is 516. The van der Waals surface area contributed by atoms with Crippen LogP contribution in [0.2, 0.25) is 0 Å². The number of likely N-dealkylation sites (tertiary alicyclic amines) is 1. The highest BCUT2D eigenvalue weighted by Crippen LogP contribution is 2.26. The lowest BCUT2D eigenvalue weighted by molar-refractivity contribution is -0.139. The number of amides is 2. The molecule has 0 N–H and O–H groups in total. The van der Waals surface area contributed by atoms with Crippen molar-refractivity contribution in [3.8, 4) is 0 Å². The van der Waals surface area contributed by atoms with Crippen LogP contribution < -0.4 is 0 Å². The number of carbonyl (C=O) groups is 2. The summed E-state index contributed by atoms with van der Waals surface area (Å²) in [7, 11) is 0. The second-order valence-electron chi connectivity index (χ2n) is 5.22. The number of carbonyl (C=O) groups excluding carboxylic acids is 2. The van der Waals surface area contributed by atoms with Gasteiger partial charge in [-0.2, -0.15) is 0 Å². The van der Waals surface area contributed by atoms with Gasteiger partial charge in [-0.3, -0.25) is 9.59 Å². The first-order valence-electron chi connectivity index (χ1n) is 7.02. The summed E-state index contributed by atoms with van der Waals surface area (Å²) in [4.78, 5) is 28.6. The number of thiophene rings is 1. The van der Waals surface area contributed by atoms with Crippen molar-refractivity contribution in [1.82, 2.24) is 9.80 Å². The molecule has 7 heteroatoms. The first kappa shape index (κ1) is 14.5. The molecule has 1 aromatic rings. The molecule has 2 aliphatic rings. The Balaban J connectivity index is 1.75. The van der Waals surface area contributed by atoms with E-state index in [1.54, 1.807) is 22.4 Å². The Kier molecular flexibility index (Phi) is 4.21. The molecule has 5 nitrogen and oxygen atoms in total. The van der Waals surface area contributed by atoms with Gasteiger partial charge in [0.15, 0.2) is 0 Å². The summed E-state index contributed by atoms with van der Waals surface area (Å²) in [5.41, 5.74) is 0. The predicted octanol–water partition coefficient (Wildman–Crippen LogP) is 1.16. The van der Waals surface area contributed by atoms with Crippen LogP contribution in [0.1, 0.15) is 16.1 Å². The lowest BCUT2D eigenvalue weighted by Gasteiger charge is -2.32. The van der Waals surface area contributed by atoms with Crippen molar-refractivity contribution < 1.29 is 18.7 Å². The maximum Gasteiger partial charge on any atom is 0.264 e. The fourth-order valence-electron chi connectivity index (χ4n) is 2.78. The zero-order valence-electron chi connectivity index (χ0n) is 11.5. The van der Waals surface area contributed by atoms with Crippen LogP contribution in [-0.2, 0) is 9.53 Å². The van der Waals surface area contributed by atoms with Crippen molar-refractivity contribution in [1.29, 1.82) is 0 Å². The summed E-state index contributed by atoms with van der Waals surface area (Å²) < 4.78 is 19.0. The van der Waals surface area contributed by atoms with Gasteiger partial charge < -0.3 is 14.5 Å². The van der Waals surface area contributed by atoms with Gasteiger partial charge in [0, 0.05) is 19.5 Å². The van der Waals surface area contributed by atoms with Crippen molar-refractivity contribution in [2.24, 2.45) is 0 Å². The van der Waals surface area contributed by atoms with Crippen molar-refractivity contribution in [2.75, 3.05) is 32.8 Å². The Labute approximate surface area is 126 Å². The van der Waals surface area contributed by atoms with Gasteiger partial charge in [0.05, 0.1) is 24.6 Å². The average Bonchev–Trinajstić information content (AvgIpc) is 3.16. The van der Waals surface area contributed by atoms with Gasteiger partial charge in [0.1, 0.15) is 12.2 Å². The largest absolute Gasteiger partial charge is 0.378 e. The molecule has 0 radical (unpaired) electrons. The van der Waals surface area contributed by atoms with Crippen LogP contribution in [0.4, 0.5) is 4.39 Å². The quantitative estimate of drug-likeness (QED) is 0.823. The second kappa shape index (κ2) is 6.11. The Morgan fingerprint density at radius 3 is 2.76 bits per heavy atom. The van der Waals surface area contributed by atoms with Crippen molar-refractivity contribution in [3.05, 3.63) is 22.4 Å². The van der Waals surface area contributed by atoms with E-state index in [2.05, 4.69) is 0 Å². The molecule has 2 fully saturated rings. The number of ether oxygens (including phenoxy) is 1. The highest BCUT2D eigenvalue weighted by Gasteiger charge is 2.42. The third kappa shape index (κ3) is 2.94. The second-order valence-corrected chi connectivity index (χ2v) is 6.17. The minimum atomic E-state index is -1.14. The molecule has 0 saturated carbocycles. The van der Waals surface area contributed by atoms with Crippen LogP contribution in [0.5, 0.6) is 0 Å². The number of halogens is 1. The fourth-order valence-corrected chi connectivity index (χ4v) is 3.46. The van der Waals surface area contributed by atoms with Crippen molar-refractivity contribution in [2.45, 2.75) is 18.6 Å². The van der Waals surface area contributed by atoms with E-state index in [1.807, 2.05) is 0 Å². The number of nitrogens with zero attached hydrogens (tertiary/aromatic N) is 2. The third-order valence-electron chi connectivity index (χ3n) is 3.85. The highest BCUT2D eigenvalue weighted by molar-refractivity contribution is 7.12. The number of rotatable bonds is 2. The maximum atomic E-state index is 13.8. The normalized spacial score (nSPS) is 26.1. The summed E-state index contributed by atoms with van der Waals surface area (Å²) in [6.45, 7) is 2.00. The number of hydrogen-bond acceptors (Lipinski definition) is 4. The molecule has 2 saturated heterocycles. The summed E-state index contributed by atoms with van der Waals surface area (Å²) >= 11 is 1.31. The van der Waals surface area contributed by atoms with E-state index in [9.17, 15) is 14.0 Å². The van der Waals surface area contributed by atoms with Gasteiger partial charge in [-0.1, -0.05) is 6.07 Å². The van der Waals surface area contributed by atoms with Gasteiger partial charge >= 0.3 is 0 Å². The first-order valence-corrected chi connectivity index (χ1v) is 7.90. The van der Waals surface area contributed by atoms with Gasteiger partial charge in [0.2, 0.25) is 5.91 Å². The number of morpholine rings is 1. The molecule has 0 bridgehead atoms. The van der Waals surface area contributed by atoms with Crippen LogP contribution in [0.25, 0.3) is 0 Å². The van der Waals surface area contributed by atoms with E-state index < -0.39 is 12.2 Å². The van der Waals surface area contributed by atoms with Crippen molar-refractivity contribution >= 4 is 23.2 Å². The number of alkyl halides is 1. The van der Waals surface area contributed by atoms with Gasteiger partial charge in [0.25, 0.3) is 5.91 Å². The summed E-state index contributed by atoms with van der Waals surface area (Å²) in [6.07, 6.45) is -1.04. The average molecular weight is 312 g/mol. The van der Waals surface area contributed by atoms with E-state index in [0.29, 0.717) is 31.2 Å². The highest BCUT2D eigenvalue weighted by atomic mass is 32.1. The third-order valence-corrected chi connectivity index (χ3v) is 4.71. The molecule has 0 unspecified atom stereocenters. The summed E-state index contributed by atoms with van der Waals surface area (Å²) in [5.74, 6) is -0.417. The van der Waals surface area contributed by atoms with E-state index in [1.165, 1.54) is 16.2 Å². The smallest absolute Gasteiger partial charge is 0.264 e. The molecule has 114 valence electrons. The molecule has 2 amide bonds. The molecule has 2 atom stereocenters. The fraction of sp³-hybridized carbons (Fsp3) is 0.571. The van der Waals surface area contributed by atoms with Crippen LogP contribution in [0, 0.1) is 0 Å². The molecule has 0 aliphatic carbocycles. The van der Waals surface area contributed by atoms with E-state index in [4.69, 9.17) is 4.74 Å². The maximum absolute atomic E-state index is 13.8. The standard InChI is InChI=1S/C14H17FN2O3S/c15-10-8-11(13(18)16-3-5-20-6-4-16)17(9-10)14(19)12-2-1-7-21-12/h1-2,7,10-11H,3-6,8-9H2/t10-,11-/m0/s1. The van der Waals surface area contributed by atoms with Gasteiger partial charge in [-0.25, -0.2) is 4.39 Å². The first-order chi connectivity index (χ1) is 10.2. The van der Waals surface area contributed by atoms with Crippen LogP contribution in [-0.4, -0.2) is 66.7 Å². The molecular formula is C14H17FN2O3S. The predicted molar refractivity (Wildman–Crippen MR) is 76.1 cm³/mol. The molecule has 0 aromatic carbocycles. The molecule has 2 aliphatic heterocycles. The van der Waals surface area contributed by atoms with Gasteiger partial charge in [-0.15, -0.1) is 11.3 Å². The minimum absolute atomic E-state index is 0.00250. The van der Waals surface area contributed by atoms with E-state index in [0.717, 1.165) is 0 Å². The Morgan fingerprint density at radius 2 is 2.10 bits per heavy atom. The van der Waals surface area contributed by atoms with E-state index in [-0.39, 0.29) is 24.8 Å². The SMILES string of the molecule is O=C([C@@H]1C[C@H](F)CN1C(=O)c1cccs1)N1CCOCC1. The number of hydrogen-bond donors (Lipinski definition) is 0. The van der Waals surface area contributed by atoms with Crippen LogP contribution >= 0.6 is 11.3 Å². The molecule has 1 aromatic heterocycles. The topological polar surface area (TPSA) is 49.9 Å². The lowest BCUT2D eigenvalue weighted by Crippen LogP contribution is -2.50. The summed E-state index contributed by atoms with van der Waals surface area (Å²) in [6, 6.07) is 2.79. The molecule has 3 heterocycles. The van der Waals surface area contributed by atoms with Crippen LogP contribution in [0.3, 0.4) is 0 Å². The Morgan fingerprint density at radius 1 is 1.33 bits per heavy atom. The zero-order valence-corrected chi connectivity index (χ0v) is 12.4.